The second-order valence-electron chi connectivity index (χ2n) is 11.0. The molecular weight excluding hydrogens is 442 g/mol. The summed E-state index contributed by atoms with van der Waals surface area (Å²) in [6, 6.07) is 5.20. The van der Waals surface area contributed by atoms with Crippen molar-refractivity contribution in [3.8, 4) is 0 Å². The molecule has 33 heavy (non-hydrogen) atoms. The number of pyridine rings is 1. The highest BCUT2D eigenvalue weighted by atomic mass is 32.2. The Morgan fingerprint density at radius 1 is 1.18 bits per heavy atom. The number of imidazole rings is 1. The Morgan fingerprint density at radius 3 is 2.85 bits per heavy atom. The number of aromatic nitrogens is 2. The third-order valence-corrected chi connectivity index (χ3v) is 10.5. The summed E-state index contributed by atoms with van der Waals surface area (Å²) >= 11 is 0. The Morgan fingerprint density at radius 2 is 2.03 bits per heavy atom. The number of rotatable bonds is 8. The Hall–Kier alpha value is -2.42. The maximum Gasteiger partial charge on any atom is 0.304 e. The van der Waals surface area contributed by atoms with Crippen molar-refractivity contribution < 1.29 is 23.1 Å². The lowest BCUT2D eigenvalue weighted by Gasteiger charge is -2.49. The first-order valence-electron chi connectivity index (χ1n) is 11.8. The van der Waals surface area contributed by atoms with Crippen LogP contribution in [0.2, 0.25) is 0 Å². The average molecular weight is 472 g/mol. The zero-order chi connectivity index (χ0) is 23.0. The van der Waals surface area contributed by atoms with E-state index in [0.717, 1.165) is 17.8 Å². The van der Waals surface area contributed by atoms with Gasteiger partial charge in [-0.2, -0.15) is 0 Å². The van der Waals surface area contributed by atoms with Gasteiger partial charge < -0.3 is 10.4 Å². The molecule has 5 atom stereocenters. The summed E-state index contributed by atoms with van der Waals surface area (Å²) in [5, 5.41) is 12.0. The lowest BCUT2D eigenvalue weighted by atomic mass is 9.55. The van der Waals surface area contributed by atoms with Crippen LogP contribution in [-0.4, -0.2) is 47.1 Å². The molecule has 2 aromatic heterocycles. The SMILES string of the molecule is O=C(O)CCS(=O)(=O)Cc1cn2c(C(=O)NCC34CC5CC6CC(C3)C6(C5)C4)cccc2n1. The zero-order valence-electron chi connectivity index (χ0n) is 18.5. The number of carbonyl (C=O) groups is 2. The number of amides is 1. The van der Waals surface area contributed by atoms with Crippen molar-refractivity contribution in [2.24, 2.45) is 28.6 Å². The van der Waals surface area contributed by atoms with Crippen molar-refractivity contribution in [1.82, 2.24) is 14.7 Å². The molecule has 2 aromatic rings. The highest BCUT2D eigenvalue weighted by Crippen LogP contribution is 2.78. The van der Waals surface area contributed by atoms with Gasteiger partial charge in [-0.1, -0.05) is 6.07 Å². The molecule has 2 heterocycles. The van der Waals surface area contributed by atoms with E-state index in [-0.39, 0.29) is 17.1 Å². The fraction of sp³-hybridized carbons (Fsp3) is 0.625. The van der Waals surface area contributed by atoms with Gasteiger partial charge in [-0.3, -0.25) is 14.0 Å². The standard InChI is InChI=1S/C24H29N3O5S/c28-21(29)4-5-33(31,32)12-18-11-27-19(2-1-3-20(27)26-18)22(30)25-14-23-8-15-6-16-7-17(10-23)24(16,9-15)13-23/h1-3,11,15-17H,4-10,12-14H2,(H,25,30)(H,28,29). The van der Waals surface area contributed by atoms with Crippen molar-refractivity contribution >= 4 is 27.4 Å². The van der Waals surface area contributed by atoms with Gasteiger partial charge in [0.15, 0.2) is 9.84 Å². The van der Waals surface area contributed by atoms with Crippen LogP contribution in [0, 0.1) is 28.6 Å². The molecule has 8 nitrogen and oxygen atoms in total. The topological polar surface area (TPSA) is 118 Å². The molecule has 3 bridgehead atoms. The molecule has 4 aliphatic carbocycles. The first-order valence-corrected chi connectivity index (χ1v) is 13.7. The van der Waals surface area contributed by atoms with Crippen molar-refractivity contribution in [2.45, 2.75) is 50.7 Å². The third kappa shape index (κ3) is 3.38. The molecule has 1 spiro atoms. The Bertz CT molecular complexity index is 1270. The van der Waals surface area contributed by atoms with E-state index in [4.69, 9.17) is 5.11 Å². The number of nitrogens with one attached hydrogen (secondary N) is 1. The van der Waals surface area contributed by atoms with Gasteiger partial charge in [0.25, 0.3) is 5.91 Å². The quantitative estimate of drug-likeness (QED) is 0.611. The zero-order valence-corrected chi connectivity index (χ0v) is 19.3. The summed E-state index contributed by atoms with van der Waals surface area (Å²) in [5.74, 6) is 0.513. The largest absolute Gasteiger partial charge is 0.481 e. The summed E-state index contributed by atoms with van der Waals surface area (Å²) in [6.07, 6.45) is 9.06. The van der Waals surface area contributed by atoms with E-state index in [2.05, 4.69) is 10.3 Å². The number of nitrogens with zero attached hydrogens (tertiary/aromatic N) is 2. The molecule has 0 radical (unpaired) electrons. The summed E-state index contributed by atoms with van der Waals surface area (Å²) in [6.45, 7) is 0.703. The van der Waals surface area contributed by atoms with E-state index in [1.165, 1.54) is 38.5 Å². The van der Waals surface area contributed by atoms with E-state index in [1.54, 1.807) is 28.8 Å². The predicted octanol–water partition coefficient (Wildman–Crippen LogP) is 2.67. The first kappa shape index (κ1) is 21.1. The van der Waals surface area contributed by atoms with Crippen LogP contribution >= 0.6 is 0 Å². The lowest BCUT2D eigenvalue weighted by molar-refractivity contribution is -0.136. The van der Waals surface area contributed by atoms with E-state index in [9.17, 15) is 18.0 Å². The highest BCUT2D eigenvalue weighted by molar-refractivity contribution is 7.90. The number of carboxylic acid groups (broad SMARTS) is 1. The van der Waals surface area contributed by atoms with Crippen molar-refractivity contribution in [2.75, 3.05) is 12.3 Å². The Labute approximate surface area is 192 Å². The molecule has 0 aromatic carbocycles. The second-order valence-corrected chi connectivity index (χ2v) is 13.2. The van der Waals surface area contributed by atoms with Gasteiger partial charge in [0.2, 0.25) is 0 Å². The number of aliphatic carboxylic acids is 1. The maximum absolute atomic E-state index is 13.2. The van der Waals surface area contributed by atoms with E-state index in [1.807, 2.05) is 0 Å². The van der Waals surface area contributed by atoms with E-state index in [0.29, 0.717) is 29.0 Å². The van der Waals surface area contributed by atoms with Crippen LogP contribution < -0.4 is 5.32 Å². The van der Waals surface area contributed by atoms with Gasteiger partial charge in [0.05, 0.1) is 23.6 Å². The Balaban J connectivity index is 1.18. The molecule has 4 aliphatic rings. The fourth-order valence-corrected chi connectivity index (χ4v) is 9.18. The smallest absolute Gasteiger partial charge is 0.304 e. The second kappa shape index (κ2) is 7.04. The minimum atomic E-state index is -3.61. The minimum absolute atomic E-state index is 0.168. The van der Waals surface area contributed by atoms with Crippen LogP contribution in [0.4, 0.5) is 0 Å². The monoisotopic (exact) mass is 471 g/mol. The van der Waals surface area contributed by atoms with Crippen LogP contribution in [0.1, 0.15) is 61.1 Å². The van der Waals surface area contributed by atoms with Gasteiger partial charge >= 0.3 is 5.97 Å². The molecule has 2 N–H and O–H groups in total. The number of carboxylic acids is 1. The molecule has 9 heteroatoms. The van der Waals surface area contributed by atoms with Crippen molar-refractivity contribution in [3.05, 3.63) is 35.8 Å². The van der Waals surface area contributed by atoms with E-state index < -0.39 is 28.0 Å². The molecular formula is C24H29N3O5S. The van der Waals surface area contributed by atoms with Crippen LogP contribution in [0.5, 0.6) is 0 Å². The molecule has 5 unspecified atom stereocenters. The van der Waals surface area contributed by atoms with Crippen LogP contribution in [0.3, 0.4) is 0 Å². The first-order chi connectivity index (χ1) is 15.7. The lowest BCUT2D eigenvalue weighted by Crippen LogP contribution is -2.43. The molecule has 6 rings (SSSR count). The van der Waals surface area contributed by atoms with Gasteiger partial charge in [-0.15, -0.1) is 0 Å². The van der Waals surface area contributed by atoms with E-state index >= 15 is 0 Å². The highest BCUT2D eigenvalue weighted by Gasteiger charge is 2.70. The summed E-state index contributed by atoms with van der Waals surface area (Å²) < 4.78 is 26.1. The Kier molecular flexibility index (Phi) is 4.51. The number of fused-ring (bicyclic) bond motifs is 3. The number of sulfone groups is 1. The van der Waals surface area contributed by atoms with Gasteiger partial charge in [-0.05, 0) is 79.2 Å². The third-order valence-electron chi connectivity index (χ3n) is 8.98. The number of hydrogen-bond donors (Lipinski definition) is 2. The summed E-state index contributed by atoms with van der Waals surface area (Å²) in [5.41, 5.74) is 2.06. The molecule has 0 saturated heterocycles. The van der Waals surface area contributed by atoms with Gasteiger partial charge in [-0.25, -0.2) is 13.4 Å². The molecule has 1 amide bonds. The van der Waals surface area contributed by atoms with Gasteiger partial charge in [0.1, 0.15) is 11.3 Å². The molecule has 176 valence electrons. The van der Waals surface area contributed by atoms with Gasteiger partial charge in [0, 0.05) is 12.7 Å². The van der Waals surface area contributed by atoms with Crippen LogP contribution in [0.25, 0.3) is 5.65 Å². The number of carbonyl (C=O) groups excluding carboxylic acids is 1. The maximum atomic E-state index is 13.2. The molecule has 0 aliphatic heterocycles. The number of hydrogen-bond acceptors (Lipinski definition) is 5. The average Bonchev–Trinajstić information content (AvgIpc) is 3.30. The van der Waals surface area contributed by atoms with Crippen LogP contribution in [0.15, 0.2) is 24.4 Å². The van der Waals surface area contributed by atoms with Crippen LogP contribution in [-0.2, 0) is 20.4 Å². The molecule has 4 saturated carbocycles. The minimum Gasteiger partial charge on any atom is -0.481 e. The summed E-state index contributed by atoms with van der Waals surface area (Å²) in [7, 11) is -3.61. The van der Waals surface area contributed by atoms with Crippen molar-refractivity contribution in [1.29, 1.82) is 0 Å². The molecule has 4 fully saturated rings. The summed E-state index contributed by atoms with van der Waals surface area (Å²) in [4.78, 5) is 28.2. The van der Waals surface area contributed by atoms with Crippen molar-refractivity contribution in [3.63, 3.8) is 0 Å². The predicted molar refractivity (Wildman–Crippen MR) is 120 cm³/mol. The fourth-order valence-electron chi connectivity index (χ4n) is 7.96. The normalized spacial score (nSPS) is 33.8.